The molecule has 1 aromatic heterocycles. The summed E-state index contributed by atoms with van der Waals surface area (Å²) < 4.78 is 2.56. The number of aromatic nitrogens is 2. The number of nitrogen functional groups attached to an aromatic ring is 2. The molecule has 0 aliphatic rings. The van der Waals surface area contributed by atoms with Gasteiger partial charge >= 0.3 is 0 Å². The van der Waals surface area contributed by atoms with Crippen LogP contribution in [0.5, 0.6) is 0 Å². The topological polar surface area (TPSA) is 119 Å². The molecule has 0 spiro atoms. The van der Waals surface area contributed by atoms with E-state index in [9.17, 15) is 4.79 Å². The minimum atomic E-state index is -0.440. The van der Waals surface area contributed by atoms with Gasteiger partial charge in [0, 0.05) is 0 Å². The Labute approximate surface area is 80.1 Å². The van der Waals surface area contributed by atoms with Gasteiger partial charge in [0.15, 0.2) is 0 Å². The average Bonchev–Trinajstić information content (AvgIpc) is 2.36. The highest BCUT2D eigenvalue weighted by Crippen LogP contribution is 2.09. The first-order chi connectivity index (χ1) is 6.63. The van der Waals surface area contributed by atoms with Crippen LogP contribution in [0.2, 0.25) is 0 Å². The van der Waals surface area contributed by atoms with Crippen molar-refractivity contribution in [1.82, 2.24) is 9.36 Å². The van der Waals surface area contributed by atoms with Crippen LogP contribution in [0.25, 0.3) is 0 Å². The largest absolute Gasteiger partial charge is 0.394 e. The lowest BCUT2D eigenvalue weighted by Crippen LogP contribution is -2.26. The Hall–Kier alpha value is -1.47. The van der Waals surface area contributed by atoms with Gasteiger partial charge in [0.2, 0.25) is 0 Å². The van der Waals surface area contributed by atoms with Crippen LogP contribution in [-0.2, 0) is 13.1 Å². The van der Waals surface area contributed by atoms with Crippen LogP contribution in [0.4, 0.5) is 11.5 Å². The van der Waals surface area contributed by atoms with E-state index in [1.165, 1.54) is 9.36 Å². The summed E-state index contributed by atoms with van der Waals surface area (Å²) in [5.74, 6) is 0.123. The molecule has 0 aromatic carbocycles. The van der Waals surface area contributed by atoms with E-state index in [2.05, 4.69) is 0 Å². The molecule has 0 radical (unpaired) electrons. The summed E-state index contributed by atoms with van der Waals surface area (Å²) in [6, 6.07) is 0. The van der Waals surface area contributed by atoms with Crippen LogP contribution in [0.1, 0.15) is 0 Å². The molecule has 14 heavy (non-hydrogen) atoms. The molecule has 0 saturated heterocycles. The second kappa shape index (κ2) is 4.16. The van der Waals surface area contributed by atoms with Crippen LogP contribution in [0.15, 0.2) is 4.79 Å². The number of rotatable bonds is 4. The van der Waals surface area contributed by atoms with Crippen molar-refractivity contribution in [3.8, 4) is 0 Å². The van der Waals surface area contributed by atoms with Crippen LogP contribution < -0.4 is 17.0 Å². The summed E-state index contributed by atoms with van der Waals surface area (Å²) in [6.07, 6.45) is 0. The fourth-order valence-electron chi connectivity index (χ4n) is 1.28. The zero-order valence-electron chi connectivity index (χ0n) is 7.68. The molecular weight excluding hydrogens is 188 g/mol. The predicted molar refractivity (Wildman–Crippen MR) is 51.7 cm³/mol. The van der Waals surface area contributed by atoms with Gasteiger partial charge in [-0.25, -0.2) is 4.68 Å². The number of aliphatic hydroxyl groups excluding tert-OH is 2. The molecule has 0 bridgehead atoms. The van der Waals surface area contributed by atoms with E-state index >= 15 is 0 Å². The minimum Gasteiger partial charge on any atom is -0.394 e. The zero-order valence-corrected chi connectivity index (χ0v) is 7.68. The Morgan fingerprint density at radius 3 is 2.07 bits per heavy atom. The molecule has 0 saturated carbocycles. The van der Waals surface area contributed by atoms with E-state index in [0.717, 1.165) is 0 Å². The third kappa shape index (κ3) is 1.59. The van der Waals surface area contributed by atoms with Gasteiger partial charge in [0.05, 0.1) is 26.3 Å². The predicted octanol–water partition coefficient (Wildman–Crippen LogP) is -2.20. The van der Waals surface area contributed by atoms with Gasteiger partial charge in [-0.05, 0) is 0 Å². The van der Waals surface area contributed by atoms with Crippen LogP contribution in [0.3, 0.4) is 0 Å². The maximum absolute atomic E-state index is 11.4. The Balaban J connectivity index is 3.22. The lowest BCUT2D eigenvalue weighted by molar-refractivity contribution is 0.230. The molecule has 6 N–H and O–H groups in total. The lowest BCUT2D eigenvalue weighted by atomic mass is 10.5. The van der Waals surface area contributed by atoms with Crippen molar-refractivity contribution in [2.24, 2.45) is 0 Å². The normalized spacial score (nSPS) is 10.7. The van der Waals surface area contributed by atoms with E-state index in [1.54, 1.807) is 0 Å². The third-order valence-electron chi connectivity index (χ3n) is 1.93. The zero-order chi connectivity index (χ0) is 10.7. The summed E-state index contributed by atoms with van der Waals surface area (Å²) in [6.45, 7) is -0.0457. The lowest BCUT2D eigenvalue weighted by Gasteiger charge is -2.09. The molecule has 0 fully saturated rings. The first-order valence-electron chi connectivity index (χ1n) is 4.19. The fraction of sp³-hybridized carbons (Fsp3) is 0.571. The molecule has 1 heterocycles. The number of nitrogens with zero attached hydrogens (tertiary/aromatic N) is 2. The molecule has 7 nitrogen and oxygen atoms in total. The van der Waals surface area contributed by atoms with Crippen molar-refractivity contribution in [3.05, 3.63) is 10.4 Å². The van der Waals surface area contributed by atoms with Crippen molar-refractivity contribution < 1.29 is 10.2 Å². The third-order valence-corrected chi connectivity index (χ3v) is 1.93. The molecule has 1 rings (SSSR count). The molecule has 80 valence electrons. The van der Waals surface area contributed by atoms with Gasteiger partial charge in [-0.1, -0.05) is 0 Å². The van der Waals surface area contributed by atoms with Crippen molar-refractivity contribution in [1.29, 1.82) is 0 Å². The smallest absolute Gasteiger partial charge is 0.292 e. The summed E-state index contributed by atoms with van der Waals surface area (Å²) in [4.78, 5) is 11.4. The monoisotopic (exact) mass is 202 g/mol. The number of nitrogens with two attached hydrogens (primary N) is 2. The van der Waals surface area contributed by atoms with E-state index < -0.39 is 5.56 Å². The van der Waals surface area contributed by atoms with Crippen molar-refractivity contribution in [2.45, 2.75) is 13.1 Å². The van der Waals surface area contributed by atoms with Crippen molar-refractivity contribution >= 4 is 11.5 Å². The maximum Gasteiger partial charge on any atom is 0.292 e. The van der Waals surface area contributed by atoms with E-state index in [1.807, 2.05) is 0 Å². The number of hydrogen-bond donors (Lipinski definition) is 4. The Morgan fingerprint density at radius 1 is 1.07 bits per heavy atom. The Bertz CT molecular complexity index is 368. The molecule has 7 heteroatoms. The minimum absolute atomic E-state index is 0.0492. The number of aliphatic hydroxyl groups is 2. The van der Waals surface area contributed by atoms with Gasteiger partial charge in [-0.3, -0.25) is 9.48 Å². The summed E-state index contributed by atoms with van der Waals surface area (Å²) >= 11 is 0. The average molecular weight is 202 g/mol. The molecule has 0 aliphatic heterocycles. The molecular formula is C7H14N4O3. The second-order valence-corrected chi connectivity index (χ2v) is 2.80. The number of hydrogen-bond acceptors (Lipinski definition) is 5. The Kier molecular flexibility index (Phi) is 3.15. The highest BCUT2D eigenvalue weighted by atomic mass is 16.3. The Morgan fingerprint density at radius 2 is 1.57 bits per heavy atom. The second-order valence-electron chi connectivity index (χ2n) is 2.80. The fourth-order valence-corrected chi connectivity index (χ4v) is 1.28. The molecule has 0 amide bonds. The standard InChI is InChI=1S/C7H14N4O3/c8-5-6(9)10(1-3-12)11(2-4-13)7(5)14/h12-13H,1-4,8-9H2. The van der Waals surface area contributed by atoms with Crippen molar-refractivity contribution in [3.63, 3.8) is 0 Å². The van der Waals surface area contributed by atoms with Gasteiger partial charge < -0.3 is 21.7 Å². The molecule has 0 aliphatic carbocycles. The molecule has 1 aromatic rings. The van der Waals surface area contributed by atoms with Crippen LogP contribution in [-0.4, -0.2) is 32.8 Å². The summed E-state index contributed by atoms with van der Waals surface area (Å²) in [7, 11) is 0. The van der Waals surface area contributed by atoms with E-state index in [0.29, 0.717) is 0 Å². The molecule has 0 unspecified atom stereocenters. The van der Waals surface area contributed by atoms with Crippen molar-refractivity contribution in [2.75, 3.05) is 24.7 Å². The van der Waals surface area contributed by atoms with Crippen LogP contribution in [0, 0.1) is 0 Å². The first kappa shape index (κ1) is 10.6. The highest BCUT2D eigenvalue weighted by Gasteiger charge is 2.13. The van der Waals surface area contributed by atoms with E-state index in [4.69, 9.17) is 21.7 Å². The summed E-state index contributed by atoms with van der Waals surface area (Å²) in [5, 5.41) is 17.5. The summed E-state index contributed by atoms with van der Waals surface area (Å²) in [5.41, 5.74) is 10.5. The maximum atomic E-state index is 11.4. The van der Waals surface area contributed by atoms with Gasteiger partial charge in [0.25, 0.3) is 5.56 Å². The first-order valence-corrected chi connectivity index (χ1v) is 4.19. The molecule has 0 atom stereocenters. The quantitative estimate of drug-likeness (QED) is 0.441. The highest BCUT2D eigenvalue weighted by molar-refractivity contribution is 5.57. The van der Waals surface area contributed by atoms with Gasteiger partial charge in [0.1, 0.15) is 11.5 Å². The number of anilines is 2. The van der Waals surface area contributed by atoms with E-state index in [-0.39, 0.29) is 37.8 Å². The van der Waals surface area contributed by atoms with Crippen LogP contribution >= 0.6 is 0 Å². The van der Waals surface area contributed by atoms with Gasteiger partial charge in [-0.2, -0.15) is 0 Å². The SMILES string of the molecule is Nc1c(N)n(CCO)n(CCO)c1=O. The van der Waals surface area contributed by atoms with Gasteiger partial charge in [-0.15, -0.1) is 0 Å².